The number of carbonyl (C=O) groups is 1. The molecule has 2 aromatic rings. The summed E-state index contributed by atoms with van der Waals surface area (Å²) in [6, 6.07) is 1.64. The Bertz CT molecular complexity index is 508. The lowest BCUT2D eigenvalue weighted by atomic mass is 10.1. The van der Waals surface area contributed by atoms with Gasteiger partial charge in [-0.1, -0.05) is 0 Å². The molecule has 0 fully saturated rings. The summed E-state index contributed by atoms with van der Waals surface area (Å²) in [5.74, 6) is 0.329. The minimum absolute atomic E-state index is 0.0363. The van der Waals surface area contributed by atoms with E-state index < -0.39 is 0 Å². The van der Waals surface area contributed by atoms with E-state index in [1.165, 1.54) is 12.4 Å². The Labute approximate surface area is 98.0 Å². The van der Waals surface area contributed by atoms with Gasteiger partial charge in [-0.2, -0.15) is 15.4 Å². The van der Waals surface area contributed by atoms with Crippen LogP contribution in [0.5, 0.6) is 5.75 Å². The van der Waals surface area contributed by atoms with Gasteiger partial charge in [-0.25, -0.2) is 0 Å². The molecular formula is C11H12N4O2. The summed E-state index contributed by atoms with van der Waals surface area (Å²) in [6.07, 6.45) is 4.46. The lowest BCUT2D eigenvalue weighted by Gasteiger charge is -2.09. The van der Waals surface area contributed by atoms with Crippen LogP contribution in [0.15, 0.2) is 24.7 Å². The number of nitrogens with zero attached hydrogens (tertiary/aromatic N) is 3. The van der Waals surface area contributed by atoms with Gasteiger partial charge in [-0.05, 0) is 19.9 Å². The SMILES string of the molecule is CC(C)Oc1cncc(C(=O)c2cn[nH]n2)c1. The van der Waals surface area contributed by atoms with Gasteiger partial charge in [0.15, 0.2) is 5.69 Å². The largest absolute Gasteiger partial charge is 0.489 e. The summed E-state index contributed by atoms with van der Waals surface area (Å²) in [5.41, 5.74) is 0.686. The Kier molecular flexibility index (Phi) is 3.13. The average Bonchev–Trinajstić information content (AvgIpc) is 2.81. The Morgan fingerprint density at radius 2 is 2.18 bits per heavy atom. The van der Waals surface area contributed by atoms with E-state index in [2.05, 4.69) is 20.4 Å². The van der Waals surface area contributed by atoms with Crippen LogP contribution in [0.2, 0.25) is 0 Å². The lowest BCUT2D eigenvalue weighted by molar-refractivity contribution is 0.103. The number of nitrogens with one attached hydrogen (secondary N) is 1. The minimum Gasteiger partial charge on any atom is -0.489 e. The first kappa shape index (κ1) is 11.3. The molecule has 2 rings (SSSR count). The van der Waals surface area contributed by atoms with Crippen LogP contribution in [0.1, 0.15) is 29.9 Å². The molecule has 0 saturated carbocycles. The second-order valence-electron chi connectivity index (χ2n) is 3.76. The molecule has 0 atom stereocenters. The molecule has 1 N–H and O–H groups in total. The zero-order valence-electron chi connectivity index (χ0n) is 9.54. The van der Waals surface area contributed by atoms with Gasteiger partial charge >= 0.3 is 0 Å². The van der Waals surface area contributed by atoms with Crippen molar-refractivity contribution < 1.29 is 9.53 Å². The topological polar surface area (TPSA) is 80.8 Å². The van der Waals surface area contributed by atoms with Crippen LogP contribution in [0.4, 0.5) is 0 Å². The number of ether oxygens (including phenoxy) is 1. The van der Waals surface area contributed by atoms with Gasteiger partial charge in [0.1, 0.15) is 5.75 Å². The van der Waals surface area contributed by atoms with E-state index in [0.29, 0.717) is 11.3 Å². The summed E-state index contributed by atoms with van der Waals surface area (Å²) in [4.78, 5) is 15.9. The molecule has 6 nitrogen and oxygen atoms in total. The summed E-state index contributed by atoms with van der Waals surface area (Å²) in [6.45, 7) is 3.82. The van der Waals surface area contributed by atoms with Gasteiger partial charge in [0.2, 0.25) is 5.78 Å². The number of aromatic nitrogens is 4. The van der Waals surface area contributed by atoms with Crippen LogP contribution < -0.4 is 4.74 Å². The second kappa shape index (κ2) is 4.73. The van der Waals surface area contributed by atoms with E-state index in [4.69, 9.17) is 4.74 Å². The fraction of sp³-hybridized carbons (Fsp3) is 0.273. The highest BCUT2D eigenvalue weighted by Gasteiger charge is 2.13. The van der Waals surface area contributed by atoms with Gasteiger partial charge in [0.25, 0.3) is 0 Å². The van der Waals surface area contributed by atoms with Crippen molar-refractivity contribution in [3.8, 4) is 5.75 Å². The number of carbonyl (C=O) groups excluding carboxylic acids is 1. The Balaban J connectivity index is 2.24. The molecule has 17 heavy (non-hydrogen) atoms. The highest BCUT2D eigenvalue weighted by atomic mass is 16.5. The number of pyridine rings is 1. The first-order chi connectivity index (χ1) is 8.16. The van der Waals surface area contributed by atoms with Gasteiger partial charge in [0.05, 0.1) is 18.5 Å². The average molecular weight is 232 g/mol. The standard InChI is InChI=1S/C11H12N4O2/c1-7(2)17-9-3-8(4-12-5-9)11(16)10-6-13-15-14-10/h3-7H,1-2H3,(H,13,14,15). The maximum Gasteiger partial charge on any atom is 0.216 e. The molecule has 6 heteroatoms. The minimum atomic E-state index is -0.236. The smallest absolute Gasteiger partial charge is 0.216 e. The monoisotopic (exact) mass is 232 g/mol. The quantitative estimate of drug-likeness (QED) is 0.801. The maximum atomic E-state index is 11.9. The predicted octanol–water partition coefficient (Wildman–Crippen LogP) is 1.22. The van der Waals surface area contributed by atoms with Crippen molar-refractivity contribution in [2.45, 2.75) is 20.0 Å². The van der Waals surface area contributed by atoms with E-state index in [1.54, 1.807) is 12.3 Å². The number of hydrogen-bond acceptors (Lipinski definition) is 5. The summed E-state index contributed by atoms with van der Waals surface area (Å²) < 4.78 is 5.46. The number of ketones is 1. The molecule has 0 aliphatic carbocycles. The molecule has 2 aromatic heterocycles. The van der Waals surface area contributed by atoms with Crippen LogP contribution in [0.3, 0.4) is 0 Å². The summed E-state index contributed by atoms with van der Waals surface area (Å²) in [7, 11) is 0. The molecule has 0 spiro atoms. The molecule has 0 aliphatic rings. The van der Waals surface area contributed by atoms with Gasteiger partial charge < -0.3 is 4.74 Å². The van der Waals surface area contributed by atoms with E-state index in [-0.39, 0.29) is 17.6 Å². The molecule has 88 valence electrons. The van der Waals surface area contributed by atoms with Crippen molar-refractivity contribution in [2.75, 3.05) is 0 Å². The number of aromatic amines is 1. The summed E-state index contributed by atoms with van der Waals surface area (Å²) >= 11 is 0. The maximum absolute atomic E-state index is 11.9. The van der Waals surface area contributed by atoms with Gasteiger partial charge in [-0.3, -0.25) is 9.78 Å². The molecule has 0 radical (unpaired) electrons. The normalized spacial score (nSPS) is 10.5. The van der Waals surface area contributed by atoms with E-state index >= 15 is 0 Å². The third kappa shape index (κ3) is 2.66. The number of rotatable bonds is 4. The van der Waals surface area contributed by atoms with Crippen LogP contribution in [0.25, 0.3) is 0 Å². The second-order valence-corrected chi connectivity index (χ2v) is 3.76. The molecule has 0 saturated heterocycles. The predicted molar refractivity (Wildman–Crippen MR) is 59.8 cm³/mol. The van der Waals surface area contributed by atoms with Gasteiger partial charge in [-0.15, -0.1) is 0 Å². The Morgan fingerprint density at radius 3 is 2.82 bits per heavy atom. The molecule has 0 unspecified atom stereocenters. The molecule has 0 aromatic carbocycles. The van der Waals surface area contributed by atoms with Crippen LogP contribution in [0, 0.1) is 0 Å². The molecule has 0 aliphatic heterocycles. The van der Waals surface area contributed by atoms with Crippen molar-refractivity contribution in [1.82, 2.24) is 20.4 Å². The summed E-state index contributed by atoms with van der Waals surface area (Å²) in [5, 5.41) is 9.71. The number of hydrogen-bond donors (Lipinski definition) is 1. The fourth-order valence-corrected chi connectivity index (χ4v) is 1.34. The molecule has 0 amide bonds. The van der Waals surface area contributed by atoms with Crippen molar-refractivity contribution in [3.63, 3.8) is 0 Å². The third-order valence-corrected chi connectivity index (χ3v) is 1.99. The van der Waals surface area contributed by atoms with E-state index in [0.717, 1.165) is 0 Å². The van der Waals surface area contributed by atoms with Gasteiger partial charge in [0, 0.05) is 11.8 Å². The Morgan fingerprint density at radius 1 is 1.35 bits per heavy atom. The highest BCUT2D eigenvalue weighted by Crippen LogP contribution is 2.15. The first-order valence-electron chi connectivity index (χ1n) is 5.19. The third-order valence-electron chi connectivity index (χ3n) is 1.99. The number of H-pyrrole nitrogens is 1. The van der Waals surface area contributed by atoms with Crippen molar-refractivity contribution in [3.05, 3.63) is 35.9 Å². The molecule has 2 heterocycles. The van der Waals surface area contributed by atoms with Crippen molar-refractivity contribution in [2.24, 2.45) is 0 Å². The van der Waals surface area contributed by atoms with E-state index in [9.17, 15) is 4.79 Å². The van der Waals surface area contributed by atoms with Crippen LogP contribution in [-0.2, 0) is 0 Å². The first-order valence-corrected chi connectivity index (χ1v) is 5.19. The Hall–Kier alpha value is -2.24. The highest BCUT2D eigenvalue weighted by molar-refractivity contribution is 6.07. The van der Waals surface area contributed by atoms with Crippen LogP contribution >= 0.6 is 0 Å². The van der Waals surface area contributed by atoms with E-state index in [1.807, 2.05) is 13.8 Å². The zero-order valence-corrected chi connectivity index (χ0v) is 9.54. The lowest BCUT2D eigenvalue weighted by Crippen LogP contribution is -2.08. The zero-order chi connectivity index (χ0) is 12.3. The van der Waals surface area contributed by atoms with Crippen LogP contribution in [-0.4, -0.2) is 32.3 Å². The van der Waals surface area contributed by atoms with Crippen molar-refractivity contribution >= 4 is 5.78 Å². The fourth-order valence-electron chi connectivity index (χ4n) is 1.34. The molecule has 0 bridgehead atoms. The molecular weight excluding hydrogens is 220 g/mol. The van der Waals surface area contributed by atoms with Crippen molar-refractivity contribution in [1.29, 1.82) is 0 Å².